The Morgan fingerprint density at radius 1 is 1.29 bits per heavy atom. The Labute approximate surface area is 127 Å². The molecule has 0 saturated heterocycles. The zero-order chi connectivity index (χ0) is 15.2. The Balaban J connectivity index is 2.22. The van der Waals surface area contributed by atoms with Crippen molar-refractivity contribution in [3.63, 3.8) is 0 Å². The van der Waals surface area contributed by atoms with E-state index < -0.39 is 4.92 Å². The minimum absolute atomic E-state index is 0.0609. The second-order valence-electron chi connectivity index (χ2n) is 4.31. The van der Waals surface area contributed by atoms with Crippen molar-refractivity contribution in [2.24, 2.45) is 0 Å². The molecule has 0 spiro atoms. The summed E-state index contributed by atoms with van der Waals surface area (Å²) in [4.78, 5) is 11.6. The van der Waals surface area contributed by atoms with E-state index in [4.69, 9.17) is 4.74 Å². The SMILES string of the molecule is COc1ccc([N+](=O)[O-])cc1CNc1ccccc1SC. The number of hydrogen-bond donors (Lipinski definition) is 1. The molecule has 0 bridgehead atoms. The van der Waals surface area contributed by atoms with Crippen LogP contribution in [0, 0.1) is 10.1 Å². The van der Waals surface area contributed by atoms with Crippen molar-refractivity contribution in [1.82, 2.24) is 0 Å². The fourth-order valence-corrected chi connectivity index (χ4v) is 2.57. The van der Waals surface area contributed by atoms with Crippen LogP contribution in [0.4, 0.5) is 11.4 Å². The van der Waals surface area contributed by atoms with E-state index in [0.717, 1.165) is 16.1 Å². The lowest BCUT2D eigenvalue weighted by Gasteiger charge is -2.12. The van der Waals surface area contributed by atoms with Crippen LogP contribution in [0.15, 0.2) is 47.4 Å². The number of anilines is 1. The molecule has 2 rings (SSSR count). The van der Waals surface area contributed by atoms with Gasteiger partial charge in [0.25, 0.3) is 5.69 Å². The Morgan fingerprint density at radius 3 is 2.71 bits per heavy atom. The summed E-state index contributed by atoms with van der Waals surface area (Å²) in [5.74, 6) is 0.634. The van der Waals surface area contributed by atoms with Crippen LogP contribution in [0.1, 0.15) is 5.56 Å². The zero-order valence-electron chi connectivity index (χ0n) is 11.8. The smallest absolute Gasteiger partial charge is 0.270 e. The van der Waals surface area contributed by atoms with Crippen molar-refractivity contribution in [3.05, 3.63) is 58.1 Å². The first-order valence-corrected chi connectivity index (χ1v) is 7.56. The molecule has 21 heavy (non-hydrogen) atoms. The number of non-ortho nitro benzene ring substituents is 1. The van der Waals surface area contributed by atoms with Crippen molar-refractivity contribution >= 4 is 23.1 Å². The number of hydrogen-bond acceptors (Lipinski definition) is 5. The number of benzene rings is 2. The molecule has 0 atom stereocenters. The molecule has 0 aliphatic carbocycles. The van der Waals surface area contributed by atoms with Gasteiger partial charge in [-0.1, -0.05) is 12.1 Å². The van der Waals surface area contributed by atoms with E-state index in [1.54, 1.807) is 24.9 Å². The Morgan fingerprint density at radius 2 is 2.05 bits per heavy atom. The summed E-state index contributed by atoms with van der Waals surface area (Å²) >= 11 is 1.65. The molecule has 0 amide bonds. The lowest BCUT2D eigenvalue weighted by atomic mass is 10.1. The van der Waals surface area contributed by atoms with Crippen LogP contribution in [0.2, 0.25) is 0 Å². The third-order valence-corrected chi connectivity index (χ3v) is 3.85. The fraction of sp³-hybridized carbons (Fsp3) is 0.200. The van der Waals surface area contributed by atoms with Crippen LogP contribution < -0.4 is 10.1 Å². The average molecular weight is 304 g/mol. The average Bonchev–Trinajstić information content (AvgIpc) is 2.52. The van der Waals surface area contributed by atoms with Gasteiger partial charge in [0.1, 0.15) is 5.75 Å². The first-order chi connectivity index (χ1) is 10.2. The first kappa shape index (κ1) is 15.2. The largest absolute Gasteiger partial charge is 0.496 e. The van der Waals surface area contributed by atoms with E-state index in [-0.39, 0.29) is 5.69 Å². The molecular formula is C15H16N2O3S. The second-order valence-corrected chi connectivity index (χ2v) is 5.16. The summed E-state index contributed by atoms with van der Waals surface area (Å²) in [6.45, 7) is 0.461. The van der Waals surface area contributed by atoms with Gasteiger partial charge < -0.3 is 10.1 Å². The Hall–Kier alpha value is -2.21. The van der Waals surface area contributed by atoms with Crippen molar-refractivity contribution in [2.75, 3.05) is 18.7 Å². The zero-order valence-corrected chi connectivity index (χ0v) is 12.6. The van der Waals surface area contributed by atoms with Crippen LogP contribution in [-0.4, -0.2) is 18.3 Å². The van der Waals surface area contributed by atoms with Gasteiger partial charge in [0.2, 0.25) is 0 Å². The van der Waals surface area contributed by atoms with Crippen LogP contribution >= 0.6 is 11.8 Å². The molecule has 0 fully saturated rings. The molecule has 2 aromatic carbocycles. The van der Waals surface area contributed by atoms with Crippen molar-refractivity contribution in [1.29, 1.82) is 0 Å². The van der Waals surface area contributed by atoms with Gasteiger partial charge in [-0.15, -0.1) is 11.8 Å². The topological polar surface area (TPSA) is 64.4 Å². The van der Waals surface area contributed by atoms with Crippen LogP contribution in [0.25, 0.3) is 0 Å². The summed E-state index contributed by atoms with van der Waals surface area (Å²) in [5.41, 5.74) is 1.81. The maximum absolute atomic E-state index is 10.9. The number of methoxy groups -OCH3 is 1. The molecule has 6 heteroatoms. The van der Waals surface area contributed by atoms with E-state index in [0.29, 0.717) is 12.3 Å². The summed E-state index contributed by atoms with van der Waals surface area (Å²) in [6, 6.07) is 12.5. The van der Waals surface area contributed by atoms with Crippen molar-refractivity contribution in [2.45, 2.75) is 11.4 Å². The summed E-state index contributed by atoms with van der Waals surface area (Å²) in [5, 5.41) is 14.2. The molecule has 0 aliphatic heterocycles. The van der Waals surface area contributed by atoms with Gasteiger partial charge in [-0.05, 0) is 24.5 Å². The predicted molar refractivity (Wildman–Crippen MR) is 85.2 cm³/mol. The minimum Gasteiger partial charge on any atom is -0.496 e. The van der Waals surface area contributed by atoms with Gasteiger partial charge in [-0.2, -0.15) is 0 Å². The van der Waals surface area contributed by atoms with Crippen molar-refractivity contribution in [3.8, 4) is 5.75 Å². The minimum atomic E-state index is -0.404. The highest BCUT2D eigenvalue weighted by Gasteiger charge is 2.11. The number of nitro benzene ring substituents is 1. The highest BCUT2D eigenvalue weighted by Crippen LogP contribution is 2.28. The number of rotatable bonds is 6. The van der Waals surface area contributed by atoms with Crippen LogP contribution in [0.5, 0.6) is 5.75 Å². The summed E-state index contributed by atoms with van der Waals surface area (Å²) in [6.07, 6.45) is 2.01. The number of thioether (sulfide) groups is 1. The molecule has 0 aromatic heterocycles. The maximum atomic E-state index is 10.9. The molecule has 0 unspecified atom stereocenters. The van der Waals surface area contributed by atoms with E-state index in [9.17, 15) is 10.1 Å². The number of nitro groups is 1. The molecule has 1 N–H and O–H groups in total. The van der Waals surface area contributed by atoms with Crippen LogP contribution in [0.3, 0.4) is 0 Å². The van der Waals surface area contributed by atoms with Gasteiger partial charge >= 0.3 is 0 Å². The molecule has 0 heterocycles. The lowest BCUT2D eigenvalue weighted by molar-refractivity contribution is -0.384. The number of ether oxygens (including phenoxy) is 1. The van der Waals surface area contributed by atoms with Gasteiger partial charge in [0.05, 0.1) is 12.0 Å². The normalized spacial score (nSPS) is 10.2. The Kier molecular flexibility index (Phi) is 5.05. The van der Waals surface area contributed by atoms with E-state index >= 15 is 0 Å². The Bertz CT molecular complexity index is 647. The highest BCUT2D eigenvalue weighted by atomic mass is 32.2. The standard InChI is InChI=1S/C15H16N2O3S/c1-20-14-8-7-12(17(18)19)9-11(14)10-16-13-5-3-4-6-15(13)21-2/h3-9,16H,10H2,1-2H3. The first-order valence-electron chi connectivity index (χ1n) is 6.34. The summed E-state index contributed by atoms with van der Waals surface area (Å²) in [7, 11) is 1.56. The molecule has 0 radical (unpaired) electrons. The van der Waals surface area contributed by atoms with E-state index in [2.05, 4.69) is 5.32 Å². The molecular weight excluding hydrogens is 288 g/mol. The van der Waals surface area contributed by atoms with E-state index in [1.807, 2.05) is 30.5 Å². The van der Waals surface area contributed by atoms with Gasteiger partial charge in [0, 0.05) is 34.8 Å². The quantitative estimate of drug-likeness (QED) is 0.497. The predicted octanol–water partition coefficient (Wildman–Crippen LogP) is 3.94. The lowest BCUT2D eigenvalue weighted by Crippen LogP contribution is -2.03. The molecule has 5 nitrogen and oxygen atoms in total. The van der Waals surface area contributed by atoms with Crippen LogP contribution in [-0.2, 0) is 6.54 Å². The number of para-hydroxylation sites is 1. The highest BCUT2D eigenvalue weighted by molar-refractivity contribution is 7.98. The second kappa shape index (κ2) is 6.99. The third kappa shape index (κ3) is 3.66. The van der Waals surface area contributed by atoms with Crippen molar-refractivity contribution < 1.29 is 9.66 Å². The maximum Gasteiger partial charge on any atom is 0.270 e. The molecule has 110 valence electrons. The molecule has 2 aromatic rings. The molecule has 0 aliphatic rings. The van der Waals surface area contributed by atoms with Gasteiger partial charge in [-0.25, -0.2) is 0 Å². The van der Waals surface area contributed by atoms with Gasteiger partial charge in [-0.3, -0.25) is 10.1 Å². The third-order valence-electron chi connectivity index (χ3n) is 3.05. The molecule has 0 saturated carbocycles. The monoisotopic (exact) mass is 304 g/mol. The fourth-order valence-electron chi connectivity index (χ4n) is 2.00. The number of nitrogens with one attached hydrogen (secondary N) is 1. The number of nitrogens with zero attached hydrogens (tertiary/aromatic N) is 1. The van der Waals surface area contributed by atoms with E-state index in [1.165, 1.54) is 12.1 Å². The van der Waals surface area contributed by atoms with Gasteiger partial charge in [0.15, 0.2) is 0 Å². The summed E-state index contributed by atoms with van der Waals surface area (Å²) < 4.78 is 5.26.